The van der Waals surface area contributed by atoms with Gasteiger partial charge in [-0.1, -0.05) is 12.1 Å². The zero-order valence-corrected chi connectivity index (χ0v) is 11.4. The van der Waals surface area contributed by atoms with Gasteiger partial charge in [-0.2, -0.15) is 4.98 Å². The van der Waals surface area contributed by atoms with Gasteiger partial charge in [-0.25, -0.2) is 0 Å². The van der Waals surface area contributed by atoms with Crippen molar-refractivity contribution in [3.63, 3.8) is 0 Å². The van der Waals surface area contributed by atoms with Gasteiger partial charge in [0.15, 0.2) is 0 Å². The molecule has 1 aromatic heterocycles. The number of rotatable bonds is 5. The van der Waals surface area contributed by atoms with Crippen molar-refractivity contribution in [2.24, 2.45) is 0 Å². The van der Waals surface area contributed by atoms with Crippen LogP contribution in [0.5, 0.6) is 17.2 Å². The van der Waals surface area contributed by atoms with Crippen LogP contribution < -0.4 is 14.2 Å². The summed E-state index contributed by atoms with van der Waals surface area (Å²) in [6, 6.07) is 3.50. The van der Waals surface area contributed by atoms with E-state index in [1.165, 1.54) is 0 Å². The Kier molecular flexibility index (Phi) is 3.89. The maximum Gasteiger partial charge on any atom is 0.226 e. The standard InChI is InChI=1S/C13H16N2O4/c1-5-11-14-13(15-19-11)12-9(17-3)6-8(16-2)7-10(12)18-4/h6-7H,5H2,1-4H3. The van der Waals surface area contributed by atoms with Gasteiger partial charge < -0.3 is 18.7 Å². The van der Waals surface area contributed by atoms with Crippen molar-refractivity contribution >= 4 is 0 Å². The van der Waals surface area contributed by atoms with Gasteiger partial charge >= 0.3 is 0 Å². The first-order valence-electron chi connectivity index (χ1n) is 5.86. The molecule has 0 amide bonds. The highest BCUT2D eigenvalue weighted by Gasteiger charge is 2.20. The molecule has 0 saturated heterocycles. The van der Waals surface area contributed by atoms with E-state index in [0.29, 0.717) is 40.9 Å². The van der Waals surface area contributed by atoms with E-state index in [9.17, 15) is 0 Å². The molecule has 0 unspecified atom stereocenters. The van der Waals surface area contributed by atoms with E-state index in [1.54, 1.807) is 33.5 Å². The van der Waals surface area contributed by atoms with Crippen LogP contribution in [0.4, 0.5) is 0 Å². The summed E-state index contributed by atoms with van der Waals surface area (Å²) in [7, 11) is 4.72. The molecule has 0 N–H and O–H groups in total. The van der Waals surface area contributed by atoms with Gasteiger partial charge in [-0.05, 0) is 0 Å². The Hall–Kier alpha value is -2.24. The number of benzene rings is 1. The van der Waals surface area contributed by atoms with E-state index < -0.39 is 0 Å². The van der Waals surface area contributed by atoms with Crippen LogP contribution in [0.15, 0.2) is 16.7 Å². The number of nitrogens with zero attached hydrogens (tertiary/aromatic N) is 2. The Morgan fingerprint density at radius 1 is 1.05 bits per heavy atom. The molecule has 6 heteroatoms. The third kappa shape index (κ3) is 2.47. The zero-order chi connectivity index (χ0) is 13.8. The molecule has 19 heavy (non-hydrogen) atoms. The summed E-state index contributed by atoms with van der Waals surface area (Å²) in [6.45, 7) is 1.94. The second-order valence-electron chi connectivity index (χ2n) is 3.77. The maximum absolute atomic E-state index is 5.35. The molecule has 2 rings (SSSR count). The van der Waals surface area contributed by atoms with Gasteiger partial charge in [0.25, 0.3) is 0 Å². The first-order valence-corrected chi connectivity index (χ1v) is 5.86. The lowest BCUT2D eigenvalue weighted by molar-refractivity contribution is 0.372. The highest BCUT2D eigenvalue weighted by molar-refractivity contribution is 5.73. The molecule has 0 aliphatic carbocycles. The van der Waals surface area contributed by atoms with Crippen LogP contribution in [0.1, 0.15) is 12.8 Å². The van der Waals surface area contributed by atoms with Crippen LogP contribution in [0.3, 0.4) is 0 Å². The lowest BCUT2D eigenvalue weighted by atomic mass is 10.1. The average Bonchev–Trinajstić information content (AvgIpc) is 2.94. The van der Waals surface area contributed by atoms with Crippen LogP contribution in [-0.4, -0.2) is 31.5 Å². The molecule has 6 nitrogen and oxygen atoms in total. The topological polar surface area (TPSA) is 66.6 Å². The maximum atomic E-state index is 5.35. The third-order valence-electron chi connectivity index (χ3n) is 2.71. The van der Waals surface area contributed by atoms with Crippen LogP contribution in [0, 0.1) is 0 Å². The minimum Gasteiger partial charge on any atom is -0.496 e. The molecular formula is C13H16N2O4. The van der Waals surface area contributed by atoms with E-state index in [2.05, 4.69) is 10.1 Å². The SMILES string of the molecule is CCc1nc(-c2c(OC)cc(OC)cc2OC)no1. The molecule has 102 valence electrons. The van der Waals surface area contributed by atoms with Crippen molar-refractivity contribution in [2.75, 3.05) is 21.3 Å². The van der Waals surface area contributed by atoms with E-state index >= 15 is 0 Å². The number of aryl methyl sites for hydroxylation is 1. The number of hydrogen-bond acceptors (Lipinski definition) is 6. The Morgan fingerprint density at radius 2 is 1.68 bits per heavy atom. The summed E-state index contributed by atoms with van der Waals surface area (Å²) in [6.07, 6.45) is 0.674. The molecule has 1 heterocycles. The van der Waals surface area contributed by atoms with Gasteiger partial charge in [0.2, 0.25) is 11.7 Å². The van der Waals surface area contributed by atoms with Crippen molar-refractivity contribution in [2.45, 2.75) is 13.3 Å². The first-order chi connectivity index (χ1) is 9.23. The molecule has 0 aliphatic rings. The summed E-state index contributed by atoms with van der Waals surface area (Å²) < 4.78 is 21.0. The molecule has 0 aliphatic heterocycles. The van der Waals surface area contributed by atoms with Gasteiger partial charge in [0.05, 0.1) is 21.3 Å². The minimum atomic E-state index is 0.438. The average molecular weight is 264 g/mol. The summed E-state index contributed by atoms with van der Waals surface area (Å²) in [5.74, 6) is 2.78. The lowest BCUT2D eigenvalue weighted by Gasteiger charge is -2.12. The normalized spacial score (nSPS) is 10.3. The fourth-order valence-electron chi connectivity index (χ4n) is 1.73. The summed E-state index contributed by atoms with van der Waals surface area (Å²) in [5, 5.41) is 3.94. The predicted molar refractivity (Wildman–Crippen MR) is 68.8 cm³/mol. The first kappa shape index (κ1) is 13.2. The molecular weight excluding hydrogens is 248 g/mol. The monoisotopic (exact) mass is 264 g/mol. The molecule has 0 radical (unpaired) electrons. The highest BCUT2D eigenvalue weighted by atomic mass is 16.5. The molecule has 0 bridgehead atoms. The van der Waals surface area contributed by atoms with E-state index in [4.69, 9.17) is 18.7 Å². The van der Waals surface area contributed by atoms with Crippen LogP contribution in [-0.2, 0) is 6.42 Å². The Morgan fingerprint density at radius 3 is 2.11 bits per heavy atom. The fraction of sp³-hybridized carbons (Fsp3) is 0.385. The van der Waals surface area contributed by atoms with Gasteiger partial charge in [0, 0.05) is 18.6 Å². The summed E-state index contributed by atoms with van der Waals surface area (Å²) in [5.41, 5.74) is 0.647. The van der Waals surface area contributed by atoms with Crippen molar-refractivity contribution < 1.29 is 18.7 Å². The quantitative estimate of drug-likeness (QED) is 0.825. The second-order valence-corrected chi connectivity index (χ2v) is 3.77. The van der Waals surface area contributed by atoms with E-state index in [0.717, 1.165) is 0 Å². The van der Waals surface area contributed by atoms with Crippen LogP contribution in [0.2, 0.25) is 0 Å². The van der Waals surface area contributed by atoms with Crippen molar-refractivity contribution in [3.8, 4) is 28.6 Å². The largest absolute Gasteiger partial charge is 0.496 e. The van der Waals surface area contributed by atoms with Gasteiger partial charge in [-0.15, -0.1) is 0 Å². The molecule has 0 saturated carbocycles. The zero-order valence-electron chi connectivity index (χ0n) is 11.4. The van der Waals surface area contributed by atoms with Crippen molar-refractivity contribution in [1.29, 1.82) is 0 Å². The van der Waals surface area contributed by atoms with E-state index in [1.807, 2.05) is 6.92 Å². The number of methoxy groups -OCH3 is 3. The lowest BCUT2D eigenvalue weighted by Crippen LogP contribution is -1.96. The van der Waals surface area contributed by atoms with Crippen LogP contribution in [0.25, 0.3) is 11.4 Å². The van der Waals surface area contributed by atoms with Crippen molar-refractivity contribution in [1.82, 2.24) is 10.1 Å². The Balaban J connectivity index is 2.59. The smallest absolute Gasteiger partial charge is 0.226 e. The third-order valence-corrected chi connectivity index (χ3v) is 2.71. The highest BCUT2D eigenvalue weighted by Crippen LogP contribution is 2.40. The van der Waals surface area contributed by atoms with Gasteiger partial charge in [0.1, 0.15) is 22.8 Å². The molecule has 0 fully saturated rings. The van der Waals surface area contributed by atoms with Crippen LogP contribution >= 0.6 is 0 Å². The Labute approximate surface area is 111 Å². The number of ether oxygens (including phenoxy) is 3. The fourth-order valence-corrected chi connectivity index (χ4v) is 1.73. The van der Waals surface area contributed by atoms with Gasteiger partial charge in [-0.3, -0.25) is 0 Å². The van der Waals surface area contributed by atoms with Crippen molar-refractivity contribution in [3.05, 3.63) is 18.0 Å². The Bertz CT molecular complexity index is 541. The molecule has 0 atom stereocenters. The summed E-state index contributed by atoms with van der Waals surface area (Å²) >= 11 is 0. The minimum absolute atomic E-state index is 0.438. The molecule has 1 aromatic carbocycles. The molecule has 0 spiro atoms. The van der Waals surface area contributed by atoms with E-state index in [-0.39, 0.29) is 0 Å². The number of aromatic nitrogens is 2. The summed E-state index contributed by atoms with van der Waals surface area (Å²) in [4.78, 5) is 4.29. The number of hydrogen-bond donors (Lipinski definition) is 0. The molecule has 2 aromatic rings. The predicted octanol–water partition coefficient (Wildman–Crippen LogP) is 2.32. The second kappa shape index (κ2) is 5.60.